The number of carbonyl (C=O) groups excluding carboxylic acids is 2. The second kappa shape index (κ2) is 12.2. The molecule has 3 aromatic carbocycles. The van der Waals surface area contributed by atoms with Crippen LogP contribution < -0.4 is 19.1 Å². The number of sulfonamides is 1. The molecule has 1 amide bonds. The van der Waals surface area contributed by atoms with Gasteiger partial charge in [0.1, 0.15) is 6.54 Å². The van der Waals surface area contributed by atoms with Crippen LogP contribution in [-0.4, -0.2) is 47.7 Å². The van der Waals surface area contributed by atoms with Gasteiger partial charge in [-0.05, 0) is 61.5 Å². The summed E-state index contributed by atoms with van der Waals surface area (Å²) in [7, 11) is -1.43. The van der Waals surface area contributed by atoms with E-state index in [0.717, 1.165) is 4.31 Å². The van der Waals surface area contributed by atoms with Gasteiger partial charge >= 0.3 is 5.97 Å². The topological polar surface area (TPSA) is 111 Å². The first-order valence-electron chi connectivity index (χ1n) is 10.9. The van der Waals surface area contributed by atoms with Crippen LogP contribution in [-0.2, 0) is 19.6 Å². The number of carbonyl (C=O) groups is 2. The Kier molecular flexibility index (Phi) is 9.25. The molecule has 196 valence electrons. The molecule has 0 heterocycles. The van der Waals surface area contributed by atoms with Crippen LogP contribution in [0.4, 0.5) is 11.4 Å². The predicted molar refractivity (Wildman–Crippen MR) is 142 cm³/mol. The molecule has 0 aliphatic rings. The zero-order chi connectivity index (χ0) is 27.2. The molecule has 0 spiro atoms. The van der Waals surface area contributed by atoms with Crippen molar-refractivity contribution in [3.63, 3.8) is 0 Å². The molecule has 0 bridgehead atoms. The fraction of sp³-hybridized carbons (Fsp3) is 0.200. The van der Waals surface area contributed by atoms with Gasteiger partial charge in [0.25, 0.3) is 10.0 Å². The molecule has 1 N–H and O–H groups in total. The number of rotatable bonds is 10. The summed E-state index contributed by atoms with van der Waals surface area (Å²) in [6, 6.07) is 14.4. The lowest BCUT2D eigenvalue weighted by Gasteiger charge is -2.24. The number of ether oxygens (including phenoxy) is 3. The van der Waals surface area contributed by atoms with Crippen LogP contribution >= 0.6 is 23.2 Å². The molecule has 0 aromatic heterocycles. The predicted octanol–water partition coefficient (Wildman–Crippen LogP) is 5.02. The van der Waals surface area contributed by atoms with Crippen molar-refractivity contribution >= 4 is 56.5 Å². The first-order chi connectivity index (χ1) is 17.6. The first-order valence-corrected chi connectivity index (χ1v) is 13.1. The van der Waals surface area contributed by atoms with Gasteiger partial charge < -0.3 is 19.5 Å². The SMILES string of the molecule is CCOC(=O)c1cc(NC(=O)CN(c2ccc(Cl)cc2)S(=O)(=O)c2ccc(OC)c(OC)c2)ccc1Cl. The Balaban J connectivity index is 1.95. The highest BCUT2D eigenvalue weighted by Crippen LogP contribution is 2.32. The van der Waals surface area contributed by atoms with E-state index < -0.39 is 28.4 Å². The van der Waals surface area contributed by atoms with Crippen LogP contribution in [0.3, 0.4) is 0 Å². The maximum atomic E-state index is 13.7. The van der Waals surface area contributed by atoms with Crippen molar-refractivity contribution in [1.29, 1.82) is 0 Å². The second-order valence-corrected chi connectivity index (χ2v) is 10.2. The van der Waals surface area contributed by atoms with Crippen molar-refractivity contribution in [1.82, 2.24) is 0 Å². The van der Waals surface area contributed by atoms with Gasteiger partial charge in [0.2, 0.25) is 5.91 Å². The number of methoxy groups -OCH3 is 2. The van der Waals surface area contributed by atoms with E-state index in [0.29, 0.717) is 10.8 Å². The number of anilines is 2. The maximum Gasteiger partial charge on any atom is 0.339 e. The molecule has 0 saturated heterocycles. The smallest absolute Gasteiger partial charge is 0.339 e. The van der Waals surface area contributed by atoms with Gasteiger partial charge in [0.05, 0.1) is 42.0 Å². The van der Waals surface area contributed by atoms with Crippen LogP contribution in [0.25, 0.3) is 0 Å². The number of nitrogens with one attached hydrogen (secondary N) is 1. The molecule has 0 aliphatic heterocycles. The molecule has 0 aliphatic carbocycles. The summed E-state index contributed by atoms with van der Waals surface area (Å²) >= 11 is 12.1. The van der Waals surface area contributed by atoms with Crippen LogP contribution in [0.5, 0.6) is 11.5 Å². The van der Waals surface area contributed by atoms with Crippen LogP contribution in [0.1, 0.15) is 17.3 Å². The lowest BCUT2D eigenvalue weighted by Crippen LogP contribution is -2.38. The van der Waals surface area contributed by atoms with Gasteiger partial charge in [0.15, 0.2) is 11.5 Å². The largest absolute Gasteiger partial charge is 0.493 e. The Morgan fingerprint density at radius 1 is 0.919 bits per heavy atom. The van der Waals surface area contributed by atoms with E-state index in [2.05, 4.69) is 5.32 Å². The Bertz CT molecular complexity index is 1400. The fourth-order valence-electron chi connectivity index (χ4n) is 3.33. The Morgan fingerprint density at radius 3 is 2.22 bits per heavy atom. The van der Waals surface area contributed by atoms with Gasteiger partial charge in [-0.25, -0.2) is 13.2 Å². The Labute approximate surface area is 224 Å². The van der Waals surface area contributed by atoms with E-state index in [1.54, 1.807) is 6.92 Å². The summed E-state index contributed by atoms with van der Waals surface area (Å²) < 4.78 is 43.7. The van der Waals surface area contributed by atoms with Crippen molar-refractivity contribution in [2.75, 3.05) is 37.0 Å². The number of esters is 1. The van der Waals surface area contributed by atoms with Gasteiger partial charge in [-0.15, -0.1) is 0 Å². The van der Waals surface area contributed by atoms with Crippen LogP contribution in [0.2, 0.25) is 10.0 Å². The molecule has 0 atom stereocenters. The first kappa shape index (κ1) is 28.1. The Morgan fingerprint density at radius 2 is 1.59 bits per heavy atom. The normalized spacial score (nSPS) is 10.9. The van der Waals surface area contributed by atoms with E-state index >= 15 is 0 Å². The van der Waals surface area contributed by atoms with E-state index in [9.17, 15) is 18.0 Å². The number of halogens is 2. The number of hydrogen-bond donors (Lipinski definition) is 1. The average molecular weight is 567 g/mol. The van der Waals surface area contributed by atoms with Crippen LogP contribution in [0.15, 0.2) is 65.6 Å². The van der Waals surface area contributed by atoms with Gasteiger partial charge in [0, 0.05) is 16.8 Å². The van der Waals surface area contributed by atoms with Gasteiger partial charge in [-0.1, -0.05) is 23.2 Å². The standard InChI is InChI=1S/C25H24Cl2N2O7S/c1-4-36-25(31)20-13-17(7-11-21(20)27)28-24(30)15-29(18-8-5-16(26)6-9-18)37(32,33)19-10-12-22(34-2)23(14-19)35-3/h5-14H,4,15H2,1-3H3,(H,28,30). The molecule has 0 fully saturated rings. The van der Waals surface area contributed by atoms with E-state index in [4.69, 9.17) is 37.4 Å². The summed E-state index contributed by atoms with van der Waals surface area (Å²) in [6.45, 7) is 1.22. The van der Waals surface area contributed by atoms with E-state index in [-0.39, 0.29) is 39.2 Å². The average Bonchev–Trinajstić information content (AvgIpc) is 2.88. The summed E-state index contributed by atoms with van der Waals surface area (Å²) in [5.41, 5.74) is 0.503. The molecule has 0 unspecified atom stereocenters. The minimum absolute atomic E-state index is 0.0637. The van der Waals surface area contributed by atoms with E-state index in [1.165, 1.54) is 74.9 Å². The number of amides is 1. The molecular formula is C25H24Cl2N2O7S. The highest BCUT2D eigenvalue weighted by molar-refractivity contribution is 7.92. The minimum Gasteiger partial charge on any atom is -0.493 e. The quantitative estimate of drug-likeness (QED) is 0.343. The summed E-state index contributed by atoms with van der Waals surface area (Å²) in [5.74, 6) is -0.771. The molecule has 9 nitrogen and oxygen atoms in total. The van der Waals surface area contributed by atoms with Crippen LogP contribution in [0, 0.1) is 0 Å². The number of nitrogens with zero attached hydrogens (tertiary/aromatic N) is 1. The molecule has 12 heteroatoms. The molecule has 3 aromatic rings. The number of hydrogen-bond acceptors (Lipinski definition) is 7. The molecule has 0 saturated carbocycles. The third kappa shape index (κ3) is 6.65. The Hall–Kier alpha value is -3.47. The number of benzene rings is 3. The molecule has 37 heavy (non-hydrogen) atoms. The van der Waals surface area contributed by atoms with E-state index in [1.807, 2.05) is 0 Å². The van der Waals surface area contributed by atoms with Crippen molar-refractivity contribution in [2.24, 2.45) is 0 Å². The third-order valence-corrected chi connectivity index (χ3v) is 7.44. The highest BCUT2D eigenvalue weighted by Gasteiger charge is 2.28. The lowest BCUT2D eigenvalue weighted by atomic mass is 10.2. The second-order valence-electron chi connectivity index (χ2n) is 7.47. The fourth-order valence-corrected chi connectivity index (χ4v) is 5.08. The monoisotopic (exact) mass is 566 g/mol. The zero-order valence-corrected chi connectivity index (χ0v) is 22.5. The lowest BCUT2D eigenvalue weighted by molar-refractivity contribution is -0.114. The highest BCUT2D eigenvalue weighted by atomic mass is 35.5. The summed E-state index contributed by atoms with van der Waals surface area (Å²) in [4.78, 5) is 25.0. The molecule has 0 radical (unpaired) electrons. The zero-order valence-electron chi connectivity index (χ0n) is 20.2. The summed E-state index contributed by atoms with van der Waals surface area (Å²) in [5, 5.41) is 3.14. The molecule has 3 rings (SSSR count). The maximum absolute atomic E-state index is 13.7. The van der Waals surface area contributed by atoms with Crippen molar-refractivity contribution in [3.05, 3.63) is 76.3 Å². The molecular weight excluding hydrogens is 543 g/mol. The van der Waals surface area contributed by atoms with Crippen molar-refractivity contribution < 1.29 is 32.2 Å². The third-order valence-electron chi connectivity index (χ3n) is 5.09. The van der Waals surface area contributed by atoms with Crippen molar-refractivity contribution in [3.8, 4) is 11.5 Å². The van der Waals surface area contributed by atoms with Crippen molar-refractivity contribution in [2.45, 2.75) is 11.8 Å². The summed E-state index contributed by atoms with van der Waals surface area (Å²) in [6.07, 6.45) is 0. The minimum atomic E-state index is -4.25. The van der Waals surface area contributed by atoms with Gasteiger partial charge in [-0.3, -0.25) is 9.10 Å². The van der Waals surface area contributed by atoms with Gasteiger partial charge in [-0.2, -0.15) is 0 Å².